The molecule has 0 fully saturated rings. The van der Waals surface area contributed by atoms with E-state index in [0.29, 0.717) is 5.56 Å². The summed E-state index contributed by atoms with van der Waals surface area (Å²) in [5, 5.41) is 0. The molecule has 108 valence electrons. The lowest BCUT2D eigenvalue weighted by molar-refractivity contribution is -0.127. The average Bonchev–Trinajstić information content (AvgIpc) is 2.34. The molecule has 0 aromatic heterocycles. The Morgan fingerprint density at radius 2 is 1.95 bits per heavy atom. The topological polar surface area (TPSA) is 63.4 Å². The van der Waals surface area contributed by atoms with Crippen LogP contribution in [0.4, 0.5) is 0 Å². The van der Waals surface area contributed by atoms with E-state index in [9.17, 15) is 9.59 Å². The number of nitrogens with two attached hydrogens (primary N) is 1. The number of imide groups is 1. The number of fused-ring (bicyclic) bond motifs is 1. The van der Waals surface area contributed by atoms with Crippen molar-refractivity contribution in [2.24, 2.45) is 11.1 Å². The maximum absolute atomic E-state index is 12.2. The van der Waals surface area contributed by atoms with E-state index in [1.54, 1.807) is 0 Å². The first-order chi connectivity index (χ1) is 9.19. The summed E-state index contributed by atoms with van der Waals surface area (Å²) in [5.41, 5.74) is 8.72. The highest BCUT2D eigenvalue weighted by Crippen LogP contribution is 2.29. The van der Waals surface area contributed by atoms with Crippen molar-refractivity contribution in [1.29, 1.82) is 0 Å². The highest BCUT2D eigenvalue weighted by atomic mass is 16.2. The van der Waals surface area contributed by atoms with Gasteiger partial charge in [0.2, 0.25) is 5.91 Å². The molecule has 2 N–H and O–H groups in total. The second kappa shape index (κ2) is 5.02. The number of amides is 2. The first-order valence-electron chi connectivity index (χ1n) is 6.88. The van der Waals surface area contributed by atoms with Gasteiger partial charge in [0, 0.05) is 18.7 Å². The predicted octanol–water partition coefficient (Wildman–Crippen LogP) is 2.28. The number of hydrogen-bond acceptors (Lipinski definition) is 3. The lowest BCUT2D eigenvalue weighted by Gasteiger charge is -2.26. The molecule has 1 aromatic carbocycles. The summed E-state index contributed by atoms with van der Waals surface area (Å²) in [6.07, 6.45) is 1.13. The average molecular weight is 274 g/mol. The van der Waals surface area contributed by atoms with Crippen LogP contribution in [0.15, 0.2) is 18.2 Å². The Hall–Kier alpha value is -1.68. The molecule has 0 saturated carbocycles. The normalized spacial score (nSPS) is 17.1. The molecule has 1 aromatic rings. The van der Waals surface area contributed by atoms with Crippen molar-refractivity contribution in [2.75, 3.05) is 7.05 Å². The molecular weight excluding hydrogens is 252 g/mol. The monoisotopic (exact) mass is 274 g/mol. The van der Waals surface area contributed by atoms with Gasteiger partial charge >= 0.3 is 0 Å². The van der Waals surface area contributed by atoms with Crippen LogP contribution in [0.2, 0.25) is 0 Å². The molecule has 1 heterocycles. The summed E-state index contributed by atoms with van der Waals surface area (Å²) in [4.78, 5) is 25.0. The second-order valence-corrected chi connectivity index (χ2v) is 6.72. The SMILES string of the molecule is CN1C(=O)Cc2ccc(C(N)CC(C)(C)C)cc2C1=O. The fraction of sp³-hybridized carbons (Fsp3) is 0.500. The molecule has 0 radical (unpaired) electrons. The molecule has 1 unspecified atom stereocenters. The molecule has 0 bridgehead atoms. The Bertz CT molecular complexity index is 558. The van der Waals surface area contributed by atoms with Crippen LogP contribution in [0.1, 0.15) is 54.7 Å². The number of nitrogens with zero attached hydrogens (tertiary/aromatic N) is 1. The summed E-state index contributed by atoms with van der Waals surface area (Å²) in [7, 11) is 1.52. The van der Waals surface area contributed by atoms with E-state index in [1.165, 1.54) is 11.9 Å². The first kappa shape index (κ1) is 14.7. The van der Waals surface area contributed by atoms with Gasteiger partial charge < -0.3 is 5.73 Å². The van der Waals surface area contributed by atoms with Crippen molar-refractivity contribution in [3.05, 3.63) is 34.9 Å². The maximum atomic E-state index is 12.2. The molecule has 20 heavy (non-hydrogen) atoms. The van der Waals surface area contributed by atoms with Gasteiger partial charge in [-0.3, -0.25) is 14.5 Å². The number of benzene rings is 1. The predicted molar refractivity (Wildman–Crippen MR) is 78.2 cm³/mol. The minimum atomic E-state index is -0.235. The van der Waals surface area contributed by atoms with Gasteiger partial charge in [-0.2, -0.15) is 0 Å². The third-order valence-corrected chi connectivity index (χ3v) is 3.65. The lowest BCUT2D eigenvalue weighted by atomic mass is 9.84. The van der Waals surface area contributed by atoms with E-state index in [0.717, 1.165) is 17.5 Å². The molecule has 2 rings (SSSR count). The van der Waals surface area contributed by atoms with Crippen LogP contribution >= 0.6 is 0 Å². The van der Waals surface area contributed by atoms with Gasteiger partial charge in [0.1, 0.15) is 0 Å². The fourth-order valence-electron chi connectivity index (χ4n) is 2.53. The van der Waals surface area contributed by atoms with Crippen LogP contribution in [0.3, 0.4) is 0 Å². The lowest BCUT2D eigenvalue weighted by Crippen LogP contribution is -2.39. The summed E-state index contributed by atoms with van der Waals surface area (Å²) in [6.45, 7) is 6.43. The number of carbonyl (C=O) groups is 2. The largest absolute Gasteiger partial charge is 0.324 e. The molecule has 1 aliphatic heterocycles. The van der Waals surface area contributed by atoms with Crippen molar-refractivity contribution < 1.29 is 9.59 Å². The Labute approximate surface area is 119 Å². The third kappa shape index (κ3) is 2.90. The molecule has 2 amide bonds. The van der Waals surface area contributed by atoms with E-state index in [-0.39, 0.29) is 29.7 Å². The number of rotatable bonds is 2. The van der Waals surface area contributed by atoms with Crippen molar-refractivity contribution in [3.63, 3.8) is 0 Å². The zero-order chi connectivity index (χ0) is 15.1. The van der Waals surface area contributed by atoms with Crippen molar-refractivity contribution in [3.8, 4) is 0 Å². The highest BCUT2D eigenvalue weighted by Gasteiger charge is 2.28. The number of hydrogen-bond donors (Lipinski definition) is 1. The molecule has 1 atom stereocenters. The van der Waals surface area contributed by atoms with Crippen LogP contribution in [-0.4, -0.2) is 23.8 Å². The van der Waals surface area contributed by atoms with Gasteiger partial charge in [-0.25, -0.2) is 0 Å². The minimum Gasteiger partial charge on any atom is -0.324 e. The van der Waals surface area contributed by atoms with Crippen molar-refractivity contribution in [1.82, 2.24) is 4.90 Å². The van der Waals surface area contributed by atoms with E-state index in [4.69, 9.17) is 5.73 Å². The quantitative estimate of drug-likeness (QED) is 0.841. The number of likely N-dealkylation sites (N-methyl/N-ethyl adjacent to an activating group) is 1. The smallest absolute Gasteiger partial charge is 0.260 e. The third-order valence-electron chi connectivity index (χ3n) is 3.65. The highest BCUT2D eigenvalue weighted by molar-refractivity contribution is 6.09. The summed E-state index contributed by atoms with van der Waals surface area (Å²) in [6, 6.07) is 5.53. The van der Waals surface area contributed by atoms with E-state index >= 15 is 0 Å². The van der Waals surface area contributed by atoms with Gasteiger partial charge in [0.25, 0.3) is 5.91 Å². The molecule has 0 saturated heterocycles. The minimum absolute atomic E-state index is 0.101. The van der Waals surface area contributed by atoms with Gasteiger partial charge in [-0.05, 0) is 29.0 Å². The van der Waals surface area contributed by atoms with E-state index in [2.05, 4.69) is 20.8 Å². The fourth-order valence-corrected chi connectivity index (χ4v) is 2.53. The van der Waals surface area contributed by atoms with Gasteiger partial charge in [0.15, 0.2) is 0 Å². The molecule has 0 aliphatic carbocycles. The standard InChI is InChI=1S/C16H22N2O2/c1-16(2,3)9-13(17)11-6-5-10-8-14(19)18(4)15(20)12(10)7-11/h5-7,13H,8-9,17H2,1-4H3. The molecule has 4 nitrogen and oxygen atoms in total. The maximum Gasteiger partial charge on any atom is 0.260 e. The van der Waals surface area contributed by atoms with Gasteiger partial charge in [0.05, 0.1) is 6.42 Å². The molecule has 4 heteroatoms. The van der Waals surface area contributed by atoms with Crippen LogP contribution in [0, 0.1) is 5.41 Å². The summed E-state index contributed by atoms with van der Waals surface area (Å²) >= 11 is 0. The summed E-state index contributed by atoms with van der Waals surface area (Å²) < 4.78 is 0. The molecule has 0 spiro atoms. The Morgan fingerprint density at radius 3 is 2.55 bits per heavy atom. The van der Waals surface area contributed by atoms with Crippen molar-refractivity contribution in [2.45, 2.75) is 39.7 Å². The van der Waals surface area contributed by atoms with Crippen LogP contribution in [0.25, 0.3) is 0 Å². The van der Waals surface area contributed by atoms with Crippen LogP contribution < -0.4 is 5.73 Å². The Morgan fingerprint density at radius 1 is 1.30 bits per heavy atom. The Balaban J connectivity index is 2.33. The molecular formula is C16H22N2O2. The zero-order valence-electron chi connectivity index (χ0n) is 12.6. The van der Waals surface area contributed by atoms with Crippen LogP contribution in [0.5, 0.6) is 0 Å². The van der Waals surface area contributed by atoms with E-state index < -0.39 is 0 Å². The van der Waals surface area contributed by atoms with Gasteiger partial charge in [-0.15, -0.1) is 0 Å². The van der Waals surface area contributed by atoms with E-state index in [1.807, 2.05) is 18.2 Å². The van der Waals surface area contributed by atoms with Crippen LogP contribution in [-0.2, 0) is 11.2 Å². The number of carbonyl (C=O) groups excluding carboxylic acids is 2. The second-order valence-electron chi connectivity index (χ2n) is 6.72. The summed E-state index contributed by atoms with van der Waals surface area (Å²) in [5.74, 6) is -0.393. The molecule has 1 aliphatic rings. The zero-order valence-corrected chi connectivity index (χ0v) is 12.6. The Kier molecular flexibility index (Phi) is 3.69. The first-order valence-corrected chi connectivity index (χ1v) is 6.88. The van der Waals surface area contributed by atoms with Gasteiger partial charge in [-0.1, -0.05) is 32.9 Å². The van der Waals surface area contributed by atoms with Crippen molar-refractivity contribution >= 4 is 11.8 Å².